The zero-order valence-electron chi connectivity index (χ0n) is 8.64. The first-order valence-corrected chi connectivity index (χ1v) is 5.80. The van der Waals surface area contributed by atoms with Gasteiger partial charge < -0.3 is 11.1 Å². The van der Waals surface area contributed by atoms with Crippen LogP contribution in [0.2, 0.25) is 0 Å². The van der Waals surface area contributed by atoms with Crippen LogP contribution in [0.25, 0.3) is 0 Å². The lowest BCUT2D eigenvalue weighted by Crippen LogP contribution is -2.13. The van der Waals surface area contributed by atoms with Crippen LogP contribution >= 0.6 is 11.3 Å². The quantitative estimate of drug-likeness (QED) is 0.799. The Morgan fingerprint density at radius 2 is 2.19 bits per heavy atom. The van der Waals surface area contributed by atoms with Gasteiger partial charge in [-0.3, -0.25) is 4.79 Å². The number of carbonyl (C=O) groups is 1. The number of nitrogens with one attached hydrogen (secondary N) is 1. The van der Waals surface area contributed by atoms with Crippen molar-refractivity contribution in [1.82, 2.24) is 0 Å². The van der Waals surface area contributed by atoms with E-state index in [2.05, 4.69) is 5.32 Å². The Morgan fingerprint density at radius 3 is 2.88 bits per heavy atom. The first kappa shape index (κ1) is 10.7. The molecule has 1 amide bonds. The maximum Gasteiger partial charge on any atom is 0.229 e. The molecule has 2 rings (SSSR count). The summed E-state index contributed by atoms with van der Waals surface area (Å²) in [7, 11) is 0. The van der Waals surface area contributed by atoms with Gasteiger partial charge in [-0.15, -0.1) is 11.3 Å². The Morgan fingerprint density at radius 1 is 1.31 bits per heavy atom. The zero-order chi connectivity index (χ0) is 11.4. The van der Waals surface area contributed by atoms with Crippen LogP contribution in [-0.4, -0.2) is 5.91 Å². The van der Waals surface area contributed by atoms with Crippen molar-refractivity contribution in [2.75, 3.05) is 11.1 Å². The number of hydrogen-bond acceptors (Lipinski definition) is 3. The van der Waals surface area contributed by atoms with E-state index in [4.69, 9.17) is 5.73 Å². The van der Waals surface area contributed by atoms with E-state index >= 15 is 0 Å². The number of hydrogen-bond donors (Lipinski definition) is 2. The maximum atomic E-state index is 11.6. The minimum absolute atomic E-state index is 0.0203. The second-order valence-electron chi connectivity index (χ2n) is 3.45. The van der Waals surface area contributed by atoms with Crippen molar-refractivity contribution in [1.29, 1.82) is 0 Å². The van der Waals surface area contributed by atoms with Gasteiger partial charge in [0.1, 0.15) is 0 Å². The first-order valence-electron chi connectivity index (χ1n) is 4.92. The fraction of sp³-hybridized carbons (Fsp3) is 0.0833. The average molecular weight is 232 g/mol. The normalized spacial score (nSPS) is 10.0. The highest BCUT2D eigenvalue weighted by Crippen LogP contribution is 2.15. The highest BCUT2D eigenvalue weighted by Gasteiger charge is 2.04. The number of amides is 1. The molecule has 2 aromatic rings. The van der Waals surface area contributed by atoms with E-state index < -0.39 is 0 Å². The highest BCUT2D eigenvalue weighted by atomic mass is 32.1. The summed E-state index contributed by atoms with van der Waals surface area (Å²) in [5.41, 5.74) is 7.25. The molecule has 4 heteroatoms. The molecule has 0 unspecified atom stereocenters. The molecule has 1 aromatic carbocycles. The molecule has 3 N–H and O–H groups in total. The molecule has 0 saturated carbocycles. The summed E-state index contributed by atoms with van der Waals surface area (Å²) in [6.07, 6.45) is 0.350. The summed E-state index contributed by atoms with van der Waals surface area (Å²) in [6.45, 7) is 0. The number of benzene rings is 1. The minimum Gasteiger partial charge on any atom is -0.399 e. The molecule has 0 fully saturated rings. The summed E-state index contributed by atoms with van der Waals surface area (Å²) >= 11 is 1.51. The molecule has 0 aliphatic rings. The standard InChI is InChI=1S/C12H12N2OS/c13-10-4-1-3-9(7-10)8-11(15)14-12-5-2-6-16-12/h1-7H,8,13H2,(H,14,15). The Bertz CT molecular complexity index is 480. The van der Waals surface area contributed by atoms with Crippen molar-refractivity contribution in [3.05, 3.63) is 47.3 Å². The number of rotatable bonds is 3. The van der Waals surface area contributed by atoms with Crippen LogP contribution in [-0.2, 0) is 11.2 Å². The van der Waals surface area contributed by atoms with E-state index in [1.54, 1.807) is 6.07 Å². The van der Waals surface area contributed by atoms with Gasteiger partial charge in [0.15, 0.2) is 0 Å². The minimum atomic E-state index is -0.0203. The monoisotopic (exact) mass is 232 g/mol. The fourth-order valence-corrected chi connectivity index (χ4v) is 2.05. The Labute approximate surface area is 97.9 Å². The molecule has 0 bridgehead atoms. The average Bonchev–Trinajstić information content (AvgIpc) is 2.70. The molecule has 0 saturated heterocycles. The third-order valence-electron chi connectivity index (χ3n) is 2.10. The third kappa shape index (κ3) is 2.84. The van der Waals surface area contributed by atoms with Gasteiger partial charge >= 0.3 is 0 Å². The number of carbonyl (C=O) groups excluding carboxylic acids is 1. The van der Waals surface area contributed by atoms with Crippen LogP contribution in [0.5, 0.6) is 0 Å². The number of thiophene rings is 1. The van der Waals surface area contributed by atoms with E-state index in [1.807, 2.05) is 35.7 Å². The van der Waals surface area contributed by atoms with Crippen LogP contribution < -0.4 is 11.1 Å². The molecular formula is C12H12N2OS. The summed E-state index contributed by atoms with van der Waals surface area (Å²) < 4.78 is 0. The largest absolute Gasteiger partial charge is 0.399 e. The molecule has 0 aliphatic heterocycles. The third-order valence-corrected chi connectivity index (χ3v) is 2.88. The van der Waals surface area contributed by atoms with Gasteiger partial charge in [-0.1, -0.05) is 12.1 Å². The SMILES string of the molecule is Nc1cccc(CC(=O)Nc2cccs2)c1. The molecule has 1 heterocycles. The molecular weight excluding hydrogens is 220 g/mol. The number of nitrogens with two attached hydrogens (primary N) is 1. The van der Waals surface area contributed by atoms with Crippen molar-refractivity contribution in [2.45, 2.75) is 6.42 Å². The van der Waals surface area contributed by atoms with E-state index in [1.165, 1.54) is 11.3 Å². The van der Waals surface area contributed by atoms with Crippen molar-refractivity contribution < 1.29 is 4.79 Å². The Hall–Kier alpha value is -1.81. The highest BCUT2D eigenvalue weighted by molar-refractivity contribution is 7.14. The molecule has 0 aliphatic carbocycles. The van der Waals surface area contributed by atoms with E-state index in [0.717, 1.165) is 10.6 Å². The lowest BCUT2D eigenvalue weighted by atomic mass is 10.1. The maximum absolute atomic E-state index is 11.6. The lowest BCUT2D eigenvalue weighted by Gasteiger charge is -2.03. The van der Waals surface area contributed by atoms with Crippen LogP contribution in [0, 0.1) is 0 Å². The van der Waals surface area contributed by atoms with E-state index in [9.17, 15) is 4.79 Å². The van der Waals surface area contributed by atoms with Crippen LogP contribution in [0.15, 0.2) is 41.8 Å². The van der Waals surface area contributed by atoms with Gasteiger partial charge in [-0.2, -0.15) is 0 Å². The Kier molecular flexibility index (Phi) is 3.22. The summed E-state index contributed by atoms with van der Waals surface area (Å²) in [4.78, 5) is 11.6. The van der Waals surface area contributed by atoms with Crippen LogP contribution in [0.3, 0.4) is 0 Å². The van der Waals surface area contributed by atoms with Gasteiger partial charge in [0.25, 0.3) is 0 Å². The van der Waals surface area contributed by atoms with Crippen molar-refractivity contribution in [3.8, 4) is 0 Å². The van der Waals surface area contributed by atoms with Crippen molar-refractivity contribution in [2.24, 2.45) is 0 Å². The van der Waals surface area contributed by atoms with Crippen LogP contribution in [0.4, 0.5) is 10.7 Å². The fourth-order valence-electron chi connectivity index (χ4n) is 1.42. The summed E-state index contributed by atoms with van der Waals surface area (Å²) in [6, 6.07) is 11.1. The molecule has 16 heavy (non-hydrogen) atoms. The van der Waals surface area contributed by atoms with Crippen molar-refractivity contribution in [3.63, 3.8) is 0 Å². The van der Waals surface area contributed by atoms with Crippen molar-refractivity contribution >= 4 is 27.9 Å². The molecule has 82 valence electrons. The van der Waals surface area contributed by atoms with Crippen LogP contribution in [0.1, 0.15) is 5.56 Å². The number of nitrogen functional groups attached to an aromatic ring is 1. The first-order chi connectivity index (χ1) is 7.74. The van der Waals surface area contributed by atoms with Gasteiger partial charge in [0.05, 0.1) is 11.4 Å². The van der Waals surface area contributed by atoms with Gasteiger partial charge in [0.2, 0.25) is 5.91 Å². The summed E-state index contributed by atoms with van der Waals surface area (Å²) in [5, 5.41) is 5.62. The second-order valence-corrected chi connectivity index (χ2v) is 4.39. The van der Waals surface area contributed by atoms with E-state index in [-0.39, 0.29) is 5.91 Å². The van der Waals surface area contributed by atoms with Gasteiger partial charge in [-0.25, -0.2) is 0 Å². The summed E-state index contributed by atoms with van der Waals surface area (Å²) in [5.74, 6) is -0.0203. The smallest absolute Gasteiger partial charge is 0.229 e. The molecule has 1 aromatic heterocycles. The molecule has 0 spiro atoms. The molecule has 0 radical (unpaired) electrons. The predicted octanol–water partition coefficient (Wildman–Crippen LogP) is 2.51. The van der Waals surface area contributed by atoms with Gasteiger partial charge in [-0.05, 0) is 35.2 Å². The number of anilines is 2. The molecule has 3 nitrogen and oxygen atoms in total. The topological polar surface area (TPSA) is 55.1 Å². The van der Waals surface area contributed by atoms with Gasteiger partial charge in [0, 0.05) is 5.69 Å². The Balaban J connectivity index is 1.97. The van der Waals surface area contributed by atoms with E-state index in [0.29, 0.717) is 12.1 Å². The predicted molar refractivity (Wildman–Crippen MR) is 67.5 cm³/mol. The second kappa shape index (κ2) is 4.81. The molecule has 0 atom stereocenters. The zero-order valence-corrected chi connectivity index (χ0v) is 9.46. The lowest BCUT2D eigenvalue weighted by molar-refractivity contribution is -0.115.